The number of nitrogens with one attached hydrogen (secondary N) is 2. The summed E-state index contributed by atoms with van der Waals surface area (Å²) in [7, 11) is 0. The van der Waals surface area contributed by atoms with E-state index < -0.39 is 23.7 Å². The van der Waals surface area contributed by atoms with Gasteiger partial charge < -0.3 is 15.0 Å². The topological polar surface area (TPSA) is 134 Å². The van der Waals surface area contributed by atoms with E-state index in [2.05, 4.69) is 17.2 Å². The Morgan fingerprint density at radius 2 is 1.71 bits per heavy atom. The molecule has 1 aromatic heterocycles. The molecule has 3 rings (SSSR count). The number of aromatic nitrogens is 2. The number of unbranched alkanes of at least 4 members (excludes halogenated alkanes) is 1. The van der Waals surface area contributed by atoms with Crippen LogP contribution in [0.1, 0.15) is 52.8 Å². The number of hydrogen-bond acceptors (Lipinski definition) is 5. The average Bonchev–Trinajstić information content (AvgIpc) is 3.26. The summed E-state index contributed by atoms with van der Waals surface area (Å²) >= 11 is 0. The highest BCUT2D eigenvalue weighted by atomic mass is 16.5. The van der Waals surface area contributed by atoms with Crippen molar-refractivity contribution >= 4 is 17.8 Å². The lowest BCUT2D eigenvalue weighted by Crippen LogP contribution is -2.41. The van der Waals surface area contributed by atoms with Crippen molar-refractivity contribution in [3.05, 3.63) is 89.0 Å². The van der Waals surface area contributed by atoms with Crippen LogP contribution in [-0.2, 0) is 35.5 Å². The fraction of sp³-hybridized carbons (Fsp3) is 0.308. The van der Waals surface area contributed by atoms with E-state index in [1.807, 2.05) is 34.9 Å². The molecular formula is C26H30N4O5. The largest absolute Gasteiger partial charge is 0.478 e. The molecule has 3 aromatic rings. The Labute approximate surface area is 203 Å². The number of hydrogen-bond donors (Lipinski definition) is 4. The predicted octanol–water partition coefficient (Wildman–Crippen LogP) is 2.95. The molecule has 9 heteroatoms. The second-order valence-electron chi connectivity index (χ2n) is 8.29. The number of nitrogens with zero attached hydrogens (tertiary/aromatic N) is 2. The van der Waals surface area contributed by atoms with Gasteiger partial charge in [-0.25, -0.2) is 15.3 Å². The Kier molecular flexibility index (Phi) is 9.14. The number of hydroxylamine groups is 1. The molecule has 0 fully saturated rings. The number of benzene rings is 2. The minimum absolute atomic E-state index is 0.148. The smallest absolute Gasteiger partial charge is 0.335 e. The maximum Gasteiger partial charge on any atom is 0.335 e. The standard InChI is InChI=1S/C26H30N4O5/c1-2-3-9-23-27-15-21(30(23)17-19-10-12-20(13-11-19)26(33)34)16-28-24(31)22(25(32)29-35)14-18-7-5-4-6-8-18/h4-8,10-13,15,22,35H,2-3,9,14,16-17H2,1H3,(H,28,31)(H,29,32)(H,33,34). The van der Waals surface area contributed by atoms with Gasteiger partial charge in [0.05, 0.1) is 24.0 Å². The molecule has 0 saturated heterocycles. The van der Waals surface area contributed by atoms with E-state index in [1.54, 1.807) is 35.9 Å². The molecule has 4 N–H and O–H groups in total. The Balaban J connectivity index is 1.76. The summed E-state index contributed by atoms with van der Waals surface area (Å²) in [5.41, 5.74) is 4.26. The third-order valence-electron chi connectivity index (χ3n) is 5.79. The molecule has 0 aliphatic carbocycles. The third-order valence-corrected chi connectivity index (χ3v) is 5.79. The van der Waals surface area contributed by atoms with Gasteiger partial charge in [0.2, 0.25) is 5.91 Å². The quantitative estimate of drug-likeness (QED) is 0.180. The first-order valence-corrected chi connectivity index (χ1v) is 11.5. The van der Waals surface area contributed by atoms with Crippen molar-refractivity contribution in [2.45, 2.75) is 45.7 Å². The van der Waals surface area contributed by atoms with Crippen molar-refractivity contribution in [3.8, 4) is 0 Å². The number of rotatable bonds is 12. The van der Waals surface area contributed by atoms with Crippen LogP contribution >= 0.6 is 0 Å². The second-order valence-corrected chi connectivity index (χ2v) is 8.29. The number of carbonyl (C=O) groups excluding carboxylic acids is 2. The van der Waals surface area contributed by atoms with E-state index >= 15 is 0 Å². The van der Waals surface area contributed by atoms with Gasteiger partial charge in [0, 0.05) is 13.0 Å². The van der Waals surface area contributed by atoms with Crippen molar-refractivity contribution in [1.82, 2.24) is 20.3 Å². The van der Waals surface area contributed by atoms with Gasteiger partial charge in [0.1, 0.15) is 11.7 Å². The molecule has 35 heavy (non-hydrogen) atoms. The summed E-state index contributed by atoms with van der Waals surface area (Å²) in [6, 6.07) is 15.8. The Bertz CT molecular complexity index is 1140. The highest BCUT2D eigenvalue weighted by molar-refractivity contribution is 6.00. The van der Waals surface area contributed by atoms with E-state index in [1.165, 1.54) is 0 Å². The molecule has 1 atom stereocenters. The first kappa shape index (κ1) is 25.6. The molecule has 0 aliphatic rings. The molecule has 2 amide bonds. The highest BCUT2D eigenvalue weighted by Gasteiger charge is 2.27. The van der Waals surface area contributed by atoms with Gasteiger partial charge in [-0.1, -0.05) is 55.8 Å². The van der Waals surface area contributed by atoms with E-state index in [9.17, 15) is 14.4 Å². The van der Waals surface area contributed by atoms with E-state index in [4.69, 9.17) is 10.3 Å². The summed E-state index contributed by atoms with van der Waals surface area (Å²) in [5.74, 6) is -2.49. The van der Waals surface area contributed by atoms with Crippen LogP contribution in [0.15, 0.2) is 60.8 Å². The van der Waals surface area contributed by atoms with E-state index in [0.717, 1.165) is 41.9 Å². The summed E-state index contributed by atoms with van der Waals surface area (Å²) < 4.78 is 2.00. The number of carbonyl (C=O) groups is 3. The fourth-order valence-corrected chi connectivity index (χ4v) is 3.79. The van der Waals surface area contributed by atoms with Crippen molar-refractivity contribution in [3.63, 3.8) is 0 Å². The van der Waals surface area contributed by atoms with Crippen LogP contribution < -0.4 is 10.8 Å². The summed E-state index contributed by atoms with van der Waals surface area (Å²) in [6.45, 7) is 2.71. The van der Waals surface area contributed by atoms with Crippen molar-refractivity contribution < 1.29 is 24.7 Å². The average molecular weight is 479 g/mol. The van der Waals surface area contributed by atoms with Crippen LogP contribution in [0.4, 0.5) is 0 Å². The number of aromatic carboxylic acids is 1. The van der Waals surface area contributed by atoms with Gasteiger partial charge in [-0.3, -0.25) is 14.8 Å². The summed E-state index contributed by atoms with van der Waals surface area (Å²) in [6.07, 6.45) is 4.58. The van der Waals surface area contributed by atoms with Gasteiger partial charge >= 0.3 is 5.97 Å². The van der Waals surface area contributed by atoms with Crippen molar-refractivity contribution in [1.29, 1.82) is 0 Å². The van der Waals surface area contributed by atoms with Crippen LogP contribution in [0.3, 0.4) is 0 Å². The molecule has 0 radical (unpaired) electrons. The number of imidazole rings is 1. The van der Waals surface area contributed by atoms with Crippen LogP contribution in [-0.4, -0.2) is 37.6 Å². The number of amides is 2. The third kappa shape index (κ3) is 7.00. The van der Waals surface area contributed by atoms with Gasteiger partial charge in [0.15, 0.2) is 0 Å². The molecule has 184 valence electrons. The lowest BCUT2D eigenvalue weighted by Gasteiger charge is -2.17. The minimum Gasteiger partial charge on any atom is -0.478 e. The first-order chi connectivity index (χ1) is 16.9. The maximum atomic E-state index is 12.9. The second kappa shape index (κ2) is 12.5. The minimum atomic E-state index is -1.10. The normalized spacial score (nSPS) is 11.6. The maximum absolute atomic E-state index is 12.9. The molecule has 1 unspecified atom stereocenters. The highest BCUT2D eigenvalue weighted by Crippen LogP contribution is 2.15. The van der Waals surface area contributed by atoms with Gasteiger partial charge in [0.25, 0.3) is 5.91 Å². The fourth-order valence-electron chi connectivity index (χ4n) is 3.79. The Morgan fingerprint density at radius 3 is 2.34 bits per heavy atom. The van der Waals surface area contributed by atoms with Gasteiger partial charge in [-0.2, -0.15) is 0 Å². The van der Waals surface area contributed by atoms with Crippen LogP contribution in [0, 0.1) is 5.92 Å². The monoisotopic (exact) mass is 478 g/mol. The van der Waals surface area contributed by atoms with Crippen LogP contribution in [0.25, 0.3) is 0 Å². The zero-order valence-electron chi connectivity index (χ0n) is 19.6. The zero-order valence-corrected chi connectivity index (χ0v) is 19.6. The lowest BCUT2D eigenvalue weighted by molar-refractivity contribution is -0.140. The molecule has 0 saturated carbocycles. The molecule has 1 heterocycles. The van der Waals surface area contributed by atoms with Crippen LogP contribution in [0.5, 0.6) is 0 Å². The van der Waals surface area contributed by atoms with E-state index in [0.29, 0.717) is 6.54 Å². The molecule has 0 spiro atoms. The van der Waals surface area contributed by atoms with Gasteiger partial charge in [-0.05, 0) is 36.1 Å². The molecule has 2 aromatic carbocycles. The Hall–Kier alpha value is -3.98. The summed E-state index contributed by atoms with van der Waals surface area (Å²) in [5, 5.41) is 21.1. The summed E-state index contributed by atoms with van der Waals surface area (Å²) in [4.78, 5) is 40.8. The van der Waals surface area contributed by atoms with E-state index in [-0.39, 0.29) is 18.5 Å². The SMILES string of the molecule is CCCCc1ncc(CNC(=O)C(Cc2ccccc2)C(=O)NO)n1Cc1ccc(C(=O)O)cc1. The number of carboxylic acid groups (broad SMARTS) is 1. The zero-order chi connectivity index (χ0) is 25.2. The van der Waals surface area contributed by atoms with Crippen molar-refractivity contribution in [2.24, 2.45) is 5.92 Å². The Morgan fingerprint density at radius 1 is 1.00 bits per heavy atom. The van der Waals surface area contributed by atoms with Crippen molar-refractivity contribution in [2.75, 3.05) is 0 Å². The molecule has 0 aliphatic heterocycles. The van der Waals surface area contributed by atoms with Gasteiger partial charge in [-0.15, -0.1) is 0 Å². The molecule has 0 bridgehead atoms. The number of aryl methyl sites for hydroxylation is 1. The predicted molar refractivity (Wildman–Crippen MR) is 129 cm³/mol. The lowest BCUT2D eigenvalue weighted by atomic mass is 9.98. The number of carboxylic acids is 1. The molecular weight excluding hydrogens is 448 g/mol. The van der Waals surface area contributed by atoms with Crippen LogP contribution in [0.2, 0.25) is 0 Å². The first-order valence-electron chi connectivity index (χ1n) is 11.5. The molecule has 9 nitrogen and oxygen atoms in total.